The fourth-order valence-electron chi connectivity index (χ4n) is 3.15. The Labute approximate surface area is 163 Å². The Kier molecular flexibility index (Phi) is 6.04. The lowest BCUT2D eigenvalue weighted by atomic mass is 10.1. The molecule has 2 N–H and O–H groups in total. The summed E-state index contributed by atoms with van der Waals surface area (Å²) in [5.41, 5.74) is 1.14. The van der Waals surface area contributed by atoms with Crippen molar-refractivity contribution in [2.75, 3.05) is 24.4 Å². The van der Waals surface area contributed by atoms with Gasteiger partial charge in [-0.3, -0.25) is 4.72 Å². The molecule has 27 heavy (non-hydrogen) atoms. The van der Waals surface area contributed by atoms with Crippen LogP contribution in [0.4, 0.5) is 5.69 Å². The van der Waals surface area contributed by atoms with Crippen molar-refractivity contribution in [2.24, 2.45) is 0 Å². The Morgan fingerprint density at radius 3 is 2.41 bits per heavy atom. The number of rotatable bonds is 7. The molecule has 0 spiro atoms. The second kappa shape index (κ2) is 8.29. The first-order valence-corrected chi connectivity index (χ1v) is 10.6. The van der Waals surface area contributed by atoms with E-state index in [2.05, 4.69) is 9.62 Å². The minimum Gasteiger partial charge on any atom is -0.478 e. The van der Waals surface area contributed by atoms with Crippen molar-refractivity contribution < 1.29 is 18.3 Å². The number of nitrogens with zero attached hydrogens (tertiary/aromatic N) is 1. The van der Waals surface area contributed by atoms with Crippen LogP contribution in [0.25, 0.3) is 0 Å². The molecule has 3 rings (SSSR count). The van der Waals surface area contributed by atoms with Crippen LogP contribution in [0.3, 0.4) is 0 Å². The molecular weight excluding hydrogens is 388 g/mol. The van der Waals surface area contributed by atoms with Gasteiger partial charge in [0.15, 0.2) is 0 Å². The van der Waals surface area contributed by atoms with Gasteiger partial charge in [0.1, 0.15) is 4.90 Å². The van der Waals surface area contributed by atoms with E-state index in [1.54, 1.807) is 12.1 Å². The number of carbonyl (C=O) groups is 1. The third-order valence-electron chi connectivity index (χ3n) is 4.58. The summed E-state index contributed by atoms with van der Waals surface area (Å²) >= 11 is 5.78. The number of sulfonamides is 1. The molecule has 0 unspecified atom stereocenters. The van der Waals surface area contributed by atoms with E-state index in [1.165, 1.54) is 25.0 Å². The molecule has 0 aromatic heterocycles. The highest BCUT2D eigenvalue weighted by atomic mass is 35.5. The van der Waals surface area contributed by atoms with E-state index < -0.39 is 16.0 Å². The second-order valence-corrected chi connectivity index (χ2v) is 8.63. The van der Waals surface area contributed by atoms with Gasteiger partial charge in [0.05, 0.1) is 5.56 Å². The zero-order chi connectivity index (χ0) is 19.4. The van der Waals surface area contributed by atoms with E-state index in [0.29, 0.717) is 5.69 Å². The zero-order valence-corrected chi connectivity index (χ0v) is 16.3. The Balaban J connectivity index is 1.71. The van der Waals surface area contributed by atoms with Crippen LogP contribution >= 0.6 is 11.6 Å². The minimum absolute atomic E-state index is 0.161. The molecule has 1 aliphatic rings. The molecule has 1 fully saturated rings. The summed E-state index contributed by atoms with van der Waals surface area (Å²) in [6, 6.07) is 10.8. The van der Waals surface area contributed by atoms with Crippen molar-refractivity contribution in [2.45, 2.75) is 24.2 Å². The highest BCUT2D eigenvalue weighted by Crippen LogP contribution is 2.23. The monoisotopic (exact) mass is 408 g/mol. The fourth-order valence-corrected chi connectivity index (χ4v) is 4.56. The molecule has 1 saturated heterocycles. The number of likely N-dealkylation sites (tertiary alicyclic amines) is 1. The summed E-state index contributed by atoms with van der Waals surface area (Å²) in [5.74, 6) is -1.35. The Morgan fingerprint density at radius 1 is 1.11 bits per heavy atom. The lowest BCUT2D eigenvalue weighted by Crippen LogP contribution is -2.21. The number of halogens is 1. The predicted molar refractivity (Wildman–Crippen MR) is 105 cm³/mol. The van der Waals surface area contributed by atoms with Crippen molar-refractivity contribution in [3.63, 3.8) is 0 Å². The van der Waals surface area contributed by atoms with Crippen LogP contribution in [0.1, 0.15) is 28.8 Å². The standard InChI is InChI=1S/C19H21ClN2O4S/c20-15-5-8-18(17(13-15)19(23)24)27(25,26)21-16-6-3-14(4-7-16)9-12-22-10-1-2-11-22/h3-8,13,21H,1-2,9-12H2,(H,23,24). The van der Waals surface area contributed by atoms with Gasteiger partial charge in [-0.25, -0.2) is 13.2 Å². The normalized spacial score (nSPS) is 15.0. The summed E-state index contributed by atoms with van der Waals surface area (Å²) < 4.78 is 27.6. The smallest absolute Gasteiger partial charge is 0.337 e. The summed E-state index contributed by atoms with van der Waals surface area (Å²) in [5, 5.41) is 9.41. The van der Waals surface area contributed by atoms with E-state index in [4.69, 9.17) is 11.6 Å². The molecule has 0 radical (unpaired) electrons. The molecule has 1 aliphatic heterocycles. The Morgan fingerprint density at radius 2 is 1.78 bits per heavy atom. The number of benzene rings is 2. The number of carboxylic acids is 1. The predicted octanol–water partition coefficient (Wildman–Crippen LogP) is 3.48. The Hall–Kier alpha value is -2.09. The van der Waals surface area contributed by atoms with Crippen LogP contribution in [-0.4, -0.2) is 44.0 Å². The van der Waals surface area contributed by atoms with E-state index in [1.807, 2.05) is 12.1 Å². The first-order valence-electron chi connectivity index (χ1n) is 8.72. The number of nitrogens with one attached hydrogen (secondary N) is 1. The lowest BCUT2D eigenvalue weighted by molar-refractivity contribution is 0.0692. The quantitative estimate of drug-likeness (QED) is 0.732. The average molecular weight is 409 g/mol. The molecule has 6 nitrogen and oxygen atoms in total. The fraction of sp³-hybridized carbons (Fsp3) is 0.316. The molecule has 8 heteroatoms. The van der Waals surface area contributed by atoms with Gasteiger partial charge in [-0.2, -0.15) is 0 Å². The van der Waals surface area contributed by atoms with Crippen molar-refractivity contribution in [3.8, 4) is 0 Å². The van der Waals surface area contributed by atoms with Gasteiger partial charge in [0, 0.05) is 17.3 Å². The molecule has 144 valence electrons. The number of anilines is 1. The molecule has 2 aromatic rings. The maximum absolute atomic E-state index is 12.6. The highest BCUT2D eigenvalue weighted by Gasteiger charge is 2.23. The van der Waals surface area contributed by atoms with Crippen LogP contribution in [0.15, 0.2) is 47.4 Å². The molecule has 1 heterocycles. The first-order chi connectivity index (χ1) is 12.8. The maximum Gasteiger partial charge on any atom is 0.337 e. The van der Waals surface area contributed by atoms with Gasteiger partial charge >= 0.3 is 5.97 Å². The van der Waals surface area contributed by atoms with Crippen molar-refractivity contribution in [1.82, 2.24) is 4.90 Å². The SMILES string of the molecule is O=C(O)c1cc(Cl)ccc1S(=O)(=O)Nc1ccc(CCN2CCCC2)cc1. The average Bonchev–Trinajstić information content (AvgIpc) is 3.14. The first kappa shape index (κ1) is 19.7. The van der Waals surface area contributed by atoms with E-state index >= 15 is 0 Å². The van der Waals surface area contributed by atoms with Gasteiger partial charge < -0.3 is 10.0 Å². The summed E-state index contributed by atoms with van der Waals surface area (Å²) in [4.78, 5) is 13.4. The third kappa shape index (κ3) is 5.00. The van der Waals surface area contributed by atoms with Crippen LogP contribution in [0, 0.1) is 0 Å². The van der Waals surface area contributed by atoms with Crippen LogP contribution in [-0.2, 0) is 16.4 Å². The largest absolute Gasteiger partial charge is 0.478 e. The topological polar surface area (TPSA) is 86.7 Å². The molecule has 0 saturated carbocycles. The lowest BCUT2D eigenvalue weighted by Gasteiger charge is -2.14. The summed E-state index contributed by atoms with van der Waals surface area (Å²) in [7, 11) is -4.04. The van der Waals surface area contributed by atoms with Gasteiger partial charge in [-0.1, -0.05) is 23.7 Å². The van der Waals surface area contributed by atoms with Crippen LogP contribution in [0.2, 0.25) is 5.02 Å². The molecule has 0 atom stereocenters. The van der Waals surface area contributed by atoms with Crippen molar-refractivity contribution in [3.05, 3.63) is 58.6 Å². The summed E-state index contributed by atoms with van der Waals surface area (Å²) in [6.45, 7) is 3.29. The number of carboxylic acid groups (broad SMARTS) is 1. The van der Waals surface area contributed by atoms with Gasteiger partial charge in [-0.05, 0) is 68.2 Å². The maximum atomic E-state index is 12.6. The van der Waals surface area contributed by atoms with Gasteiger partial charge in [0.2, 0.25) is 0 Å². The summed E-state index contributed by atoms with van der Waals surface area (Å²) in [6.07, 6.45) is 3.42. The molecular formula is C19H21ClN2O4S. The number of hydrogen-bond donors (Lipinski definition) is 2. The minimum atomic E-state index is -4.04. The highest BCUT2D eigenvalue weighted by molar-refractivity contribution is 7.92. The van der Waals surface area contributed by atoms with Crippen molar-refractivity contribution >= 4 is 33.3 Å². The molecule has 2 aromatic carbocycles. The zero-order valence-electron chi connectivity index (χ0n) is 14.7. The number of hydrogen-bond acceptors (Lipinski definition) is 4. The Bertz CT molecular complexity index is 923. The molecule has 0 aliphatic carbocycles. The van der Waals surface area contributed by atoms with Gasteiger partial charge in [0.25, 0.3) is 10.0 Å². The van der Waals surface area contributed by atoms with E-state index in [-0.39, 0.29) is 15.5 Å². The van der Waals surface area contributed by atoms with Crippen LogP contribution < -0.4 is 4.72 Å². The van der Waals surface area contributed by atoms with Crippen molar-refractivity contribution in [1.29, 1.82) is 0 Å². The van der Waals surface area contributed by atoms with E-state index in [0.717, 1.165) is 37.7 Å². The second-order valence-electron chi connectivity index (χ2n) is 6.55. The van der Waals surface area contributed by atoms with Crippen LogP contribution in [0.5, 0.6) is 0 Å². The van der Waals surface area contributed by atoms with Gasteiger partial charge in [-0.15, -0.1) is 0 Å². The molecule has 0 bridgehead atoms. The number of aromatic carboxylic acids is 1. The third-order valence-corrected chi connectivity index (χ3v) is 6.26. The molecule has 0 amide bonds. The van der Waals surface area contributed by atoms with E-state index in [9.17, 15) is 18.3 Å².